The fourth-order valence-corrected chi connectivity index (χ4v) is 3.23. The number of aromatic nitrogens is 1. The van der Waals surface area contributed by atoms with Crippen LogP contribution < -0.4 is 5.32 Å². The van der Waals surface area contributed by atoms with E-state index < -0.39 is 0 Å². The molecular formula is C14H19N3O2. The highest BCUT2D eigenvalue weighted by atomic mass is 16.2. The lowest BCUT2D eigenvalue weighted by atomic mass is 9.87. The Hall–Kier alpha value is -1.78. The summed E-state index contributed by atoms with van der Waals surface area (Å²) in [6.07, 6.45) is 6.09. The van der Waals surface area contributed by atoms with Crippen molar-refractivity contribution in [2.45, 2.75) is 37.8 Å². The second-order valence-corrected chi connectivity index (χ2v) is 5.46. The summed E-state index contributed by atoms with van der Waals surface area (Å²) in [5.74, 6) is -0.0649. The van der Waals surface area contributed by atoms with Gasteiger partial charge < -0.3 is 14.8 Å². The monoisotopic (exact) mass is 261 g/mol. The maximum absolute atomic E-state index is 12.6. The average molecular weight is 261 g/mol. The van der Waals surface area contributed by atoms with E-state index in [1.807, 2.05) is 29.9 Å². The van der Waals surface area contributed by atoms with Crippen molar-refractivity contribution in [3.63, 3.8) is 0 Å². The topological polar surface area (TPSA) is 54.3 Å². The summed E-state index contributed by atoms with van der Waals surface area (Å²) in [5, 5.41) is 3.02. The number of amides is 2. The van der Waals surface area contributed by atoms with Crippen LogP contribution in [0.1, 0.15) is 36.2 Å². The van der Waals surface area contributed by atoms with Crippen molar-refractivity contribution >= 4 is 11.8 Å². The highest BCUT2D eigenvalue weighted by Crippen LogP contribution is 2.27. The van der Waals surface area contributed by atoms with Crippen molar-refractivity contribution < 1.29 is 9.59 Å². The minimum Gasteiger partial charge on any atom is -0.350 e. The van der Waals surface area contributed by atoms with Gasteiger partial charge in [-0.2, -0.15) is 0 Å². The van der Waals surface area contributed by atoms with Gasteiger partial charge in [0.1, 0.15) is 12.2 Å². The van der Waals surface area contributed by atoms with E-state index in [4.69, 9.17) is 0 Å². The van der Waals surface area contributed by atoms with Crippen LogP contribution in [-0.4, -0.2) is 39.9 Å². The summed E-state index contributed by atoms with van der Waals surface area (Å²) in [5.41, 5.74) is 0.652. The SMILES string of the molecule is Cn1cccc1C(=O)N1CC(=O)N[C@H]2CCCC[C@@H]21. The molecule has 1 aromatic heterocycles. The number of carbonyl (C=O) groups is 2. The third-order valence-electron chi connectivity index (χ3n) is 4.21. The molecule has 3 rings (SSSR count). The van der Waals surface area contributed by atoms with Gasteiger partial charge in [-0.15, -0.1) is 0 Å². The Morgan fingerprint density at radius 2 is 2.16 bits per heavy atom. The third-order valence-corrected chi connectivity index (χ3v) is 4.21. The Labute approximate surface area is 112 Å². The van der Waals surface area contributed by atoms with Crippen LogP contribution in [0.15, 0.2) is 18.3 Å². The van der Waals surface area contributed by atoms with Crippen LogP contribution >= 0.6 is 0 Å². The van der Waals surface area contributed by atoms with E-state index in [1.54, 1.807) is 4.90 Å². The summed E-state index contributed by atoms with van der Waals surface area (Å²) < 4.78 is 1.81. The number of hydrogen-bond acceptors (Lipinski definition) is 2. The molecule has 0 aromatic carbocycles. The number of piperazine rings is 1. The average Bonchev–Trinajstić information content (AvgIpc) is 2.83. The van der Waals surface area contributed by atoms with E-state index >= 15 is 0 Å². The molecule has 1 aliphatic carbocycles. The highest BCUT2D eigenvalue weighted by Gasteiger charge is 2.39. The Balaban J connectivity index is 1.87. The zero-order chi connectivity index (χ0) is 13.4. The molecule has 1 N–H and O–H groups in total. The van der Waals surface area contributed by atoms with Crippen LogP contribution in [0.4, 0.5) is 0 Å². The molecule has 0 spiro atoms. The molecule has 19 heavy (non-hydrogen) atoms. The lowest BCUT2D eigenvalue weighted by Crippen LogP contribution is -2.63. The summed E-state index contributed by atoms with van der Waals surface area (Å²) >= 11 is 0. The molecule has 1 aliphatic heterocycles. The summed E-state index contributed by atoms with van der Waals surface area (Å²) in [6.45, 7) is 0.186. The molecule has 0 radical (unpaired) electrons. The predicted octanol–water partition coefficient (Wildman–Crippen LogP) is 0.908. The molecule has 5 heteroatoms. The van der Waals surface area contributed by atoms with Gasteiger partial charge in [-0.25, -0.2) is 0 Å². The van der Waals surface area contributed by atoms with Crippen LogP contribution in [0.25, 0.3) is 0 Å². The Kier molecular flexibility index (Phi) is 3.05. The van der Waals surface area contributed by atoms with Crippen LogP contribution in [-0.2, 0) is 11.8 Å². The van der Waals surface area contributed by atoms with Crippen molar-refractivity contribution in [3.05, 3.63) is 24.0 Å². The van der Waals surface area contributed by atoms with Gasteiger partial charge in [0.15, 0.2) is 0 Å². The first-order valence-corrected chi connectivity index (χ1v) is 6.88. The fraction of sp³-hybridized carbons (Fsp3) is 0.571. The van der Waals surface area contributed by atoms with Crippen LogP contribution in [0.3, 0.4) is 0 Å². The van der Waals surface area contributed by atoms with E-state index in [-0.39, 0.29) is 30.4 Å². The molecule has 5 nitrogen and oxygen atoms in total. The molecule has 2 aliphatic rings. The molecule has 0 bridgehead atoms. The lowest BCUT2D eigenvalue weighted by molar-refractivity contribution is -0.127. The van der Waals surface area contributed by atoms with Gasteiger partial charge in [-0.05, 0) is 25.0 Å². The van der Waals surface area contributed by atoms with Gasteiger partial charge in [-0.3, -0.25) is 9.59 Å². The van der Waals surface area contributed by atoms with E-state index in [9.17, 15) is 9.59 Å². The van der Waals surface area contributed by atoms with E-state index in [0.29, 0.717) is 5.69 Å². The molecule has 2 fully saturated rings. The maximum atomic E-state index is 12.6. The Bertz CT molecular complexity index is 509. The van der Waals surface area contributed by atoms with Crippen molar-refractivity contribution in [1.82, 2.24) is 14.8 Å². The quantitative estimate of drug-likeness (QED) is 0.817. The predicted molar refractivity (Wildman–Crippen MR) is 70.6 cm³/mol. The first-order valence-electron chi connectivity index (χ1n) is 6.88. The normalized spacial score (nSPS) is 26.8. The fourth-order valence-electron chi connectivity index (χ4n) is 3.23. The third kappa shape index (κ3) is 2.13. The smallest absolute Gasteiger partial charge is 0.271 e. The molecule has 102 valence electrons. The van der Waals surface area contributed by atoms with Gasteiger partial charge in [-0.1, -0.05) is 12.8 Å². The van der Waals surface area contributed by atoms with Crippen molar-refractivity contribution in [1.29, 1.82) is 0 Å². The maximum Gasteiger partial charge on any atom is 0.271 e. The number of nitrogens with one attached hydrogen (secondary N) is 1. The van der Waals surface area contributed by atoms with Crippen molar-refractivity contribution in [2.75, 3.05) is 6.54 Å². The molecular weight excluding hydrogens is 242 g/mol. The van der Waals surface area contributed by atoms with Crippen molar-refractivity contribution in [3.8, 4) is 0 Å². The van der Waals surface area contributed by atoms with Gasteiger partial charge in [0.05, 0.1) is 6.04 Å². The number of nitrogens with zero attached hydrogens (tertiary/aromatic N) is 2. The summed E-state index contributed by atoms with van der Waals surface area (Å²) in [6, 6.07) is 3.97. The molecule has 1 aromatic rings. The van der Waals surface area contributed by atoms with Crippen LogP contribution in [0, 0.1) is 0 Å². The molecule has 1 saturated heterocycles. The zero-order valence-corrected chi connectivity index (χ0v) is 11.1. The minimum absolute atomic E-state index is 0.0285. The largest absolute Gasteiger partial charge is 0.350 e. The molecule has 0 unspecified atom stereocenters. The van der Waals surface area contributed by atoms with E-state index in [0.717, 1.165) is 25.7 Å². The number of rotatable bonds is 1. The van der Waals surface area contributed by atoms with Crippen LogP contribution in [0.2, 0.25) is 0 Å². The summed E-state index contributed by atoms with van der Waals surface area (Å²) in [7, 11) is 1.86. The highest BCUT2D eigenvalue weighted by molar-refractivity contribution is 5.96. The van der Waals surface area contributed by atoms with Gasteiger partial charge in [0.2, 0.25) is 5.91 Å². The number of carbonyl (C=O) groups excluding carboxylic acids is 2. The molecule has 2 heterocycles. The second-order valence-electron chi connectivity index (χ2n) is 5.46. The van der Waals surface area contributed by atoms with E-state index in [1.165, 1.54) is 0 Å². The standard InChI is InChI=1S/C14H19N3O2/c1-16-8-4-7-12(16)14(19)17-9-13(18)15-10-5-2-3-6-11(10)17/h4,7-8,10-11H,2-3,5-6,9H2,1H3,(H,15,18)/t10-,11-/m0/s1. The number of aryl methyl sites for hydroxylation is 1. The molecule has 1 saturated carbocycles. The van der Waals surface area contributed by atoms with Gasteiger partial charge in [0.25, 0.3) is 5.91 Å². The minimum atomic E-state index is -0.0364. The Morgan fingerprint density at radius 3 is 2.89 bits per heavy atom. The van der Waals surface area contributed by atoms with Crippen LogP contribution in [0.5, 0.6) is 0 Å². The molecule has 2 amide bonds. The first-order chi connectivity index (χ1) is 9.16. The zero-order valence-electron chi connectivity index (χ0n) is 11.1. The number of fused-ring (bicyclic) bond motifs is 1. The first kappa shape index (κ1) is 12.3. The second kappa shape index (κ2) is 4.72. The number of hydrogen-bond donors (Lipinski definition) is 1. The van der Waals surface area contributed by atoms with Gasteiger partial charge >= 0.3 is 0 Å². The lowest BCUT2D eigenvalue weighted by Gasteiger charge is -2.43. The Morgan fingerprint density at radius 1 is 1.37 bits per heavy atom. The van der Waals surface area contributed by atoms with E-state index in [2.05, 4.69) is 5.32 Å². The van der Waals surface area contributed by atoms with Gasteiger partial charge in [0, 0.05) is 19.3 Å². The summed E-state index contributed by atoms with van der Waals surface area (Å²) in [4.78, 5) is 26.1. The molecule has 2 atom stereocenters. The van der Waals surface area contributed by atoms with Crippen molar-refractivity contribution in [2.24, 2.45) is 7.05 Å².